The molecule has 0 spiro atoms. The Morgan fingerprint density at radius 2 is 2.19 bits per heavy atom. The highest BCUT2D eigenvalue weighted by atomic mass is 32.1. The smallest absolute Gasteiger partial charge is 0.227 e. The number of anilines is 1. The van der Waals surface area contributed by atoms with Crippen LogP contribution in [0.3, 0.4) is 0 Å². The van der Waals surface area contributed by atoms with E-state index in [1.807, 2.05) is 11.0 Å². The number of carbonyl (C=O) groups is 1. The first kappa shape index (κ1) is 11.5. The van der Waals surface area contributed by atoms with Crippen molar-refractivity contribution in [1.82, 2.24) is 0 Å². The van der Waals surface area contributed by atoms with Crippen LogP contribution in [0.2, 0.25) is 0 Å². The van der Waals surface area contributed by atoms with Crippen molar-refractivity contribution in [3.8, 4) is 0 Å². The molecule has 1 atom stereocenters. The third-order valence-corrected chi connectivity index (χ3v) is 3.62. The van der Waals surface area contributed by atoms with Gasteiger partial charge in [-0.05, 0) is 37.1 Å². The molecule has 1 fully saturated rings. The minimum atomic E-state index is 0.228. The second-order valence-corrected chi connectivity index (χ2v) is 4.91. The van der Waals surface area contributed by atoms with E-state index in [2.05, 4.69) is 38.6 Å². The zero-order chi connectivity index (χ0) is 11.7. The Morgan fingerprint density at radius 3 is 2.75 bits per heavy atom. The Hall–Kier alpha value is -0.960. The van der Waals surface area contributed by atoms with Gasteiger partial charge in [0.25, 0.3) is 0 Å². The van der Waals surface area contributed by atoms with E-state index in [1.54, 1.807) is 0 Å². The Balaban J connectivity index is 2.28. The predicted molar refractivity (Wildman–Crippen MR) is 70.2 cm³/mol. The second-order valence-electron chi connectivity index (χ2n) is 4.55. The molecule has 86 valence electrons. The maximum Gasteiger partial charge on any atom is 0.227 e. The molecule has 0 aromatic heterocycles. The van der Waals surface area contributed by atoms with Crippen LogP contribution in [0.15, 0.2) is 18.2 Å². The van der Waals surface area contributed by atoms with E-state index >= 15 is 0 Å². The number of benzene rings is 1. The van der Waals surface area contributed by atoms with Gasteiger partial charge in [-0.3, -0.25) is 4.79 Å². The van der Waals surface area contributed by atoms with Gasteiger partial charge in [0, 0.05) is 18.7 Å². The molecule has 0 N–H and O–H groups in total. The highest BCUT2D eigenvalue weighted by Gasteiger charge is 2.30. The van der Waals surface area contributed by atoms with Gasteiger partial charge in [0.2, 0.25) is 5.91 Å². The van der Waals surface area contributed by atoms with Gasteiger partial charge in [0.1, 0.15) is 0 Å². The first-order valence-electron chi connectivity index (χ1n) is 5.60. The number of hydrogen-bond acceptors (Lipinski definition) is 2. The molecule has 1 aromatic carbocycles. The van der Waals surface area contributed by atoms with E-state index in [9.17, 15) is 4.79 Å². The summed E-state index contributed by atoms with van der Waals surface area (Å²) in [5.41, 5.74) is 3.46. The summed E-state index contributed by atoms with van der Waals surface area (Å²) in [7, 11) is 0. The first-order chi connectivity index (χ1) is 7.61. The third-order valence-electron chi connectivity index (χ3n) is 3.11. The quantitative estimate of drug-likeness (QED) is 0.781. The fourth-order valence-corrected chi connectivity index (χ4v) is 2.49. The van der Waals surface area contributed by atoms with Crippen LogP contribution in [-0.2, 0) is 4.79 Å². The number of aryl methyl sites for hydroxylation is 2. The average molecular weight is 235 g/mol. The number of thiol groups is 1. The zero-order valence-corrected chi connectivity index (χ0v) is 10.6. The van der Waals surface area contributed by atoms with Crippen LogP contribution in [0.1, 0.15) is 17.5 Å². The van der Waals surface area contributed by atoms with Gasteiger partial charge in [0.05, 0.1) is 0 Å². The van der Waals surface area contributed by atoms with Crippen LogP contribution in [0.5, 0.6) is 0 Å². The molecule has 1 aromatic rings. The van der Waals surface area contributed by atoms with Gasteiger partial charge < -0.3 is 4.90 Å². The Labute approximate surface area is 102 Å². The highest BCUT2D eigenvalue weighted by Crippen LogP contribution is 2.28. The molecular formula is C13H17NOS. The Kier molecular flexibility index (Phi) is 3.24. The highest BCUT2D eigenvalue weighted by molar-refractivity contribution is 7.80. The zero-order valence-electron chi connectivity index (χ0n) is 9.73. The minimum absolute atomic E-state index is 0.228. The van der Waals surface area contributed by atoms with Crippen LogP contribution in [0.25, 0.3) is 0 Å². The second kappa shape index (κ2) is 4.50. The summed E-state index contributed by atoms with van der Waals surface area (Å²) < 4.78 is 0. The molecule has 1 aliphatic rings. The molecule has 2 rings (SSSR count). The molecule has 16 heavy (non-hydrogen) atoms. The summed E-state index contributed by atoms with van der Waals surface area (Å²) >= 11 is 4.27. The van der Waals surface area contributed by atoms with Crippen molar-refractivity contribution in [1.29, 1.82) is 0 Å². The summed E-state index contributed by atoms with van der Waals surface area (Å²) in [6, 6.07) is 6.23. The SMILES string of the molecule is Cc1ccc(N2CC(CS)CC2=O)c(C)c1. The number of carbonyl (C=O) groups excluding carboxylic acids is 1. The van der Waals surface area contributed by atoms with Crippen molar-refractivity contribution in [2.75, 3.05) is 17.2 Å². The van der Waals surface area contributed by atoms with Crippen molar-refractivity contribution in [3.05, 3.63) is 29.3 Å². The fourth-order valence-electron chi connectivity index (χ4n) is 2.24. The topological polar surface area (TPSA) is 20.3 Å². The normalized spacial score (nSPS) is 20.6. The summed E-state index contributed by atoms with van der Waals surface area (Å²) in [5.74, 6) is 1.41. The molecule has 1 saturated heterocycles. The van der Waals surface area contributed by atoms with E-state index in [1.165, 1.54) is 11.1 Å². The molecule has 1 aliphatic heterocycles. The molecule has 2 nitrogen and oxygen atoms in total. The standard InChI is InChI=1S/C13H17NOS/c1-9-3-4-12(10(2)5-9)14-7-11(8-16)6-13(14)15/h3-5,11,16H,6-8H2,1-2H3. The number of rotatable bonds is 2. The lowest BCUT2D eigenvalue weighted by Gasteiger charge is -2.19. The summed E-state index contributed by atoms with van der Waals surface area (Å²) in [6.45, 7) is 4.94. The van der Waals surface area contributed by atoms with Crippen molar-refractivity contribution < 1.29 is 4.79 Å². The number of nitrogens with zero attached hydrogens (tertiary/aromatic N) is 1. The number of hydrogen-bond donors (Lipinski definition) is 1. The fraction of sp³-hybridized carbons (Fsp3) is 0.462. The molecule has 1 unspecified atom stereocenters. The third kappa shape index (κ3) is 2.09. The summed E-state index contributed by atoms with van der Waals surface area (Å²) in [5, 5.41) is 0. The van der Waals surface area contributed by atoms with Gasteiger partial charge >= 0.3 is 0 Å². The molecular weight excluding hydrogens is 218 g/mol. The lowest BCUT2D eigenvalue weighted by Crippen LogP contribution is -2.25. The molecule has 0 radical (unpaired) electrons. The van der Waals surface area contributed by atoms with Crippen LogP contribution in [-0.4, -0.2) is 18.2 Å². The predicted octanol–water partition coefficient (Wildman–Crippen LogP) is 2.59. The molecule has 0 saturated carbocycles. The van der Waals surface area contributed by atoms with Crippen LogP contribution < -0.4 is 4.90 Å². The van der Waals surface area contributed by atoms with E-state index in [0.29, 0.717) is 12.3 Å². The molecule has 3 heteroatoms. The van der Waals surface area contributed by atoms with Crippen molar-refractivity contribution in [3.63, 3.8) is 0 Å². The molecule has 1 heterocycles. The summed E-state index contributed by atoms with van der Waals surface area (Å²) in [6.07, 6.45) is 0.636. The van der Waals surface area contributed by atoms with Crippen molar-refractivity contribution >= 4 is 24.2 Å². The maximum atomic E-state index is 11.9. The van der Waals surface area contributed by atoms with E-state index < -0.39 is 0 Å². The van der Waals surface area contributed by atoms with Crippen molar-refractivity contribution in [2.45, 2.75) is 20.3 Å². The first-order valence-corrected chi connectivity index (χ1v) is 6.23. The molecule has 0 aliphatic carbocycles. The number of amides is 1. The van der Waals surface area contributed by atoms with Crippen LogP contribution >= 0.6 is 12.6 Å². The van der Waals surface area contributed by atoms with E-state index in [4.69, 9.17) is 0 Å². The van der Waals surface area contributed by atoms with Gasteiger partial charge in [-0.1, -0.05) is 17.7 Å². The average Bonchev–Trinajstić information content (AvgIpc) is 2.60. The Morgan fingerprint density at radius 1 is 1.44 bits per heavy atom. The van der Waals surface area contributed by atoms with Gasteiger partial charge in [-0.15, -0.1) is 0 Å². The largest absolute Gasteiger partial charge is 0.312 e. The van der Waals surface area contributed by atoms with Crippen LogP contribution in [0, 0.1) is 19.8 Å². The molecule has 0 bridgehead atoms. The maximum absolute atomic E-state index is 11.9. The Bertz CT molecular complexity index is 416. The van der Waals surface area contributed by atoms with Gasteiger partial charge in [-0.25, -0.2) is 0 Å². The van der Waals surface area contributed by atoms with Gasteiger partial charge in [0.15, 0.2) is 0 Å². The van der Waals surface area contributed by atoms with E-state index in [-0.39, 0.29) is 5.91 Å². The van der Waals surface area contributed by atoms with Gasteiger partial charge in [-0.2, -0.15) is 12.6 Å². The summed E-state index contributed by atoms with van der Waals surface area (Å²) in [4.78, 5) is 13.8. The van der Waals surface area contributed by atoms with Crippen molar-refractivity contribution in [2.24, 2.45) is 5.92 Å². The lowest BCUT2D eigenvalue weighted by molar-refractivity contribution is -0.117. The monoisotopic (exact) mass is 235 g/mol. The lowest BCUT2D eigenvalue weighted by atomic mass is 10.1. The van der Waals surface area contributed by atoms with E-state index in [0.717, 1.165) is 18.0 Å². The van der Waals surface area contributed by atoms with Crippen LogP contribution in [0.4, 0.5) is 5.69 Å². The molecule has 1 amide bonds. The minimum Gasteiger partial charge on any atom is -0.312 e.